The van der Waals surface area contributed by atoms with Crippen LogP contribution in [0.15, 0.2) is 11.5 Å². The molecule has 78 valence electrons. The van der Waals surface area contributed by atoms with Crippen LogP contribution in [0.2, 0.25) is 0 Å². The SMILES string of the molecule is NC(=O)C(C(N)=O)[C@@H]1C=CS(=O)(=O)C1. The van der Waals surface area contributed by atoms with Crippen molar-refractivity contribution in [3.05, 3.63) is 11.5 Å². The molecule has 2 amide bonds. The van der Waals surface area contributed by atoms with Crippen molar-refractivity contribution in [2.75, 3.05) is 5.75 Å². The Kier molecular flexibility index (Phi) is 2.61. The number of rotatable bonds is 3. The van der Waals surface area contributed by atoms with Crippen molar-refractivity contribution in [3.63, 3.8) is 0 Å². The lowest BCUT2D eigenvalue weighted by atomic mass is 9.93. The molecule has 1 atom stereocenters. The molecule has 1 heterocycles. The van der Waals surface area contributed by atoms with Crippen molar-refractivity contribution in [1.29, 1.82) is 0 Å². The van der Waals surface area contributed by atoms with Crippen LogP contribution in [-0.4, -0.2) is 26.0 Å². The lowest BCUT2D eigenvalue weighted by molar-refractivity contribution is -0.132. The van der Waals surface area contributed by atoms with Crippen molar-refractivity contribution in [2.24, 2.45) is 23.3 Å². The Morgan fingerprint density at radius 2 is 1.79 bits per heavy atom. The van der Waals surface area contributed by atoms with Crippen LogP contribution in [0.5, 0.6) is 0 Å². The van der Waals surface area contributed by atoms with Crippen LogP contribution >= 0.6 is 0 Å². The van der Waals surface area contributed by atoms with E-state index in [1.165, 1.54) is 6.08 Å². The van der Waals surface area contributed by atoms with Gasteiger partial charge in [-0.2, -0.15) is 0 Å². The second-order valence-corrected chi connectivity index (χ2v) is 5.04. The van der Waals surface area contributed by atoms with Gasteiger partial charge in [-0.3, -0.25) is 9.59 Å². The highest BCUT2D eigenvalue weighted by Crippen LogP contribution is 2.22. The first-order valence-electron chi connectivity index (χ1n) is 3.83. The van der Waals surface area contributed by atoms with Crippen LogP contribution in [-0.2, 0) is 19.4 Å². The Morgan fingerprint density at radius 3 is 2.07 bits per heavy atom. The van der Waals surface area contributed by atoms with Gasteiger partial charge >= 0.3 is 0 Å². The van der Waals surface area contributed by atoms with Crippen LogP contribution in [0.4, 0.5) is 0 Å². The zero-order valence-electron chi connectivity index (χ0n) is 7.21. The fourth-order valence-corrected chi connectivity index (χ4v) is 2.76. The Bertz CT molecular complexity index is 384. The van der Waals surface area contributed by atoms with E-state index in [-0.39, 0.29) is 5.75 Å². The largest absolute Gasteiger partial charge is 0.369 e. The molecule has 0 unspecified atom stereocenters. The van der Waals surface area contributed by atoms with Crippen molar-refractivity contribution < 1.29 is 18.0 Å². The molecule has 0 aromatic carbocycles. The quantitative estimate of drug-likeness (QED) is 0.539. The molecule has 6 nitrogen and oxygen atoms in total. The number of hydrogen-bond acceptors (Lipinski definition) is 4. The molecule has 7 heteroatoms. The summed E-state index contributed by atoms with van der Waals surface area (Å²) in [6, 6.07) is 0. The minimum atomic E-state index is -3.30. The summed E-state index contributed by atoms with van der Waals surface area (Å²) in [5.41, 5.74) is 9.88. The highest BCUT2D eigenvalue weighted by molar-refractivity contribution is 7.94. The number of hydrogen-bond donors (Lipinski definition) is 2. The zero-order chi connectivity index (χ0) is 10.9. The molecule has 0 aliphatic carbocycles. The van der Waals surface area contributed by atoms with Gasteiger partial charge in [0.2, 0.25) is 11.8 Å². The van der Waals surface area contributed by atoms with Crippen molar-refractivity contribution >= 4 is 21.7 Å². The number of sulfone groups is 1. The van der Waals surface area contributed by atoms with Crippen LogP contribution in [0.25, 0.3) is 0 Å². The fourth-order valence-electron chi connectivity index (χ4n) is 1.37. The molecular formula is C7H10N2O4S. The average molecular weight is 218 g/mol. The Morgan fingerprint density at radius 1 is 1.29 bits per heavy atom. The standard InChI is InChI=1S/C7H10N2O4S/c8-6(10)5(7(9)11)4-1-2-14(12,13)3-4/h1-2,4-5H,3H2,(H2,8,10)(H2,9,11)/t4-/m1/s1. The first-order chi connectivity index (χ1) is 6.33. The van der Waals surface area contributed by atoms with Crippen LogP contribution in [0.3, 0.4) is 0 Å². The lowest BCUT2D eigenvalue weighted by Gasteiger charge is -2.13. The topological polar surface area (TPSA) is 120 Å². The van der Waals surface area contributed by atoms with Crippen molar-refractivity contribution in [2.45, 2.75) is 0 Å². The van der Waals surface area contributed by atoms with Crippen molar-refractivity contribution in [3.8, 4) is 0 Å². The van der Waals surface area contributed by atoms with Crippen LogP contribution in [0, 0.1) is 11.8 Å². The average Bonchev–Trinajstić information content (AvgIpc) is 2.28. The van der Waals surface area contributed by atoms with Gasteiger partial charge in [-0.15, -0.1) is 0 Å². The molecular weight excluding hydrogens is 208 g/mol. The molecule has 14 heavy (non-hydrogen) atoms. The fraction of sp³-hybridized carbons (Fsp3) is 0.429. The summed E-state index contributed by atoms with van der Waals surface area (Å²) >= 11 is 0. The van der Waals surface area contributed by atoms with Gasteiger partial charge in [-0.05, 0) is 0 Å². The van der Waals surface area contributed by atoms with E-state index >= 15 is 0 Å². The van der Waals surface area contributed by atoms with Gasteiger partial charge in [0.15, 0.2) is 9.84 Å². The Hall–Kier alpha value is -1.37. The summed E-state index contributed by atoms with van der Waals surface area (Å²) in [6.07, 6.45) is 1.27. The molecule has 0 saturated heterocycles. The van der Waals surface area contributed by atoms with E-state index in [1.807, 2.05) is 0 Å². The maximum absolute atomic E-state index is 11.0. The molecule has 0 aromatic rings. The number of carbonyl (C=O) groups excluding carboxylic acids is 2. The van der Waals surface area contributed by atoms with Gasteiger partial charge < -0.3 is 11.5 Å². The second kappa shape index (κ2) is 3.41. The molecule has 1 rings (SSSR count). The van der Waals surface area contributed by atoms with Crippen molar-refractivity contribution in [1.82, 2.24) is 0 Å². The van der Waals surface area contributed by atoms with E-state index < -0.39 is 33.5 Å². The molecule has 0 radical (unpaired) electrons. The highest BCUT2D eigenvalue weighted by atomic mass is 32.2. The maximum Gasteiger partial charge on any atom is 0.230 e. The number of primary amides is 2. The summed E-state index contributed by atoms with van der Waals surface area (Å²) in [4.78, 5) is 21.7. The molecule has 0 bridgehead atoms. The van der Waals surface area contributed by atoms with E-state index in [0.29, 0.717) is 0 Å². The summed E-state index contributed by atoms with van der Waals surface area (Å²) in [6.45, 7) is 0. The summed E-state index contributed by atoms with van der Waals surface area (Å²) in [5.74, 6) is -4.06. The summed E-state index contributed by atoms with van der Waals surface area (Å²) in [7, 11) is -3.30. The second-order valence-electron chi connectivity index (χ2n) is 3.10. The predicted octanol–water partition coefficient (Wildman–Crippen LogP) is -1.87. The Labute approximate surface area is 80.9 Å². The van der Waals surface area contributed by atoms with Gasteiger partial charge in [0, 0.05) is 11.3 Å². The smallest absolute Gasteiger partial charge is 0.230 e. The van der Waals surface area contributed by atoms with Gasteiger partial charge in [0.1, 0.15) is 5.92 Å². The lowest BCUT2D eigenvalue weighted by Crippen LogP contribution is -2.40. The monoisotopic (exact) mass is 218 g/mol. The van der Waals surface area contributed by atoms with E-state index in [4.69, 9.17) is 11.5 Å². The van der Waals surface area contributed by atoms with Gasteiger partial charge in [-0.25, -0.2) is 8.42 Å². The number of nitrogens with two attached hydrogens (primary N) is 2. The van der Waals surface area contributed by atoms with Gasteiger partial charge in [0.05, 0.1) is 5.75 Å². The number of allylic oxidation sites excluding steroid dienone is 1. The number of amides is 2. The van der Waals surface area contributed by atoms with Crippen LogP contribution in [0.1, 0.15) is 0 Å². The maximum atomic E-state index is 11.0. The first kappa shape index (κ1) is 10.7. The Balaban J connectivity index is 2.90. The van der Waals surface area contributed by atoms with E-state index in [1.54, 1.807) is 0 Å². The molecule has 1 aliphatic rings. The molecule has 0 aromatic heterocycles. The molecule has 1 aliphatic heterocycles. The first-order valence-corrected chi connectivity index (χ1v) is 5.54. The third kappa shape index (κ3) is 2.11. The molecule has 4 N–H and O–H groups in total. The van der Waals surface area contributed by atoms with E-state index in [2.05, 4.69) is 0 Å². The van der Waals surface area contributed by atoms with Crippen LogP contribution < -0.4 is 11.5 Å². The van der Waals surface area contributed by atoms with Gasteiger partial charge in [-0.1, -0.05) is 6.08 Å². The van der Waals surface area contributed by atoms with Gasteiger partial charge in [0.25, 0.3) is 0 Å². The minimum absolute atomic E-state index is 0.288. The predicted molar refractivity (Wildman–Crippen MR) is 48.3 cm³/mol. The number of carbonyl (C=O) groups is 2. The molecule has 0 fully saturated rings. The van der Waals surface area contributed by atoms with E-state index in [9.17, 15) is 18.0 Å². The summed E-state index contributed by atoms with van der Waals surface area (Å²) in [5, 5.41) is 0.969. The zero-order valence-corrected chi connectivity index (χ0v) is 8.03. The summed E-state index contributed by atoms with van der Waals surface area (Å²) < 4.78 is 22.0. The minimum Gasteiger partial charge on any atom is -0.369 e. The normalized spacial score (nSPS) is 23.9. The molecule has 0 saturated carbocycles. The molecule has 0 spiro atoms. The highest BCUT2D eigenvalue weighted by Gasteiger charge is 2.35. The third-order valence-electron chi connectivity index (χ3n) is 2.00. The third-order valence-corrected chi connectivity index (χ3v) is 3.42. The van der Waals surface area contributed by atoms with E-state index in [0.717, 1.165) is 5.41 Å².